The third kappa shape index (κ3) is 9.63. The van der Waals surface area contributed by atoms with Crippen LogP contribution in [0.15, 0.2) is 67.5 Å². The molecule has 4 aromatic rings. The number of likely N-dealkylation sites (tertiary alicyclic amines) is 1. The minimum Gasteiger partial charge on any atom is -0.508 e. The number of imidazole rings is 1. The summed E-state index contributed by atoms with van der Waals surface area (Å²) in [6.07, 6.45) is 6.88. The van der Waals surface area contributed by atoms with E-state index in [0.29, 0.717) is 49.0 Å². The Labute approximate surface area is 368 Å². The SMILES string of the molecule is C=CC(=O)N1CC[C@H](C(=O)N(C)[C@H](C(=O)N[C@H]2Cc3cc(O)cc(c3)-c3ccc4nc(-c5cccnc5C(C)C)c(n4c3)CC(C)(C)COC(=O)[C@@H]3CCCN(N3)C2=O)C(C)C)C1. The molecule has 63 heavy (non-hydrogen) atoms. The van der Waals surface area contributed by atoms with E-state index in [0.717, 1.165) is 28.2 Å². The second-order valence-corrected chi connectivity index (χ2v) is 18.7. The van der Waals surface area contributed by atoms with E-state index in [1.165, 1.54) is 16.0 Å². The number of aromatic nitrogens is 3. The van der Waals surface area contributed by atoms with Crippen molar-refractivity contribution in [1.29, 1.82) is 0 Å². The van der Waals surface area contributed by atoms with Gasteiger partial charge in [-0.3, -0.25) is 34.0 Å². The maximum atomic E-state index is 14.6. The first-order chi connectivity index (χ1) is 29.9. The van der Waals surface area contributed by atoms with Gasteiger partial charge in [0.15, 0.2) is 0 Å². The molecule has 4 atom stereocenters. The van der Waals surface area contributed by atoms with Gasteiger partial charge in [0.05, 0.1) is 29.6 Å². The van der Waals surface area contributed by atoms with Gasteiger partial charge < -0.3 is 29.4 Å². The smallest absolute Gasteiger partial charge is 0.324 e. The average Bonchev–Trinajstić information content (AvgIpc) is 3.89. The van der Waals surface area contributed by atoms with Gasteiger partial charge in [0.2, 0.25) is 17.7 Å². The van der Waals surface area contributed by atoms with Crippen LogP contribution in [-0.2, 0) is 41.6 Å². The number of pyridine rings is 2. The van der Waals surface area contributed by atoms with Gasteiger partial charge in [0.25, 0.3) is 5.91 Å². The van der Waals surface area contributed by atoms with Crippen LogP contribution in [0.2, 0.25) is 0 Å². The number of hydrogen-bond donors (Lipinski definition) is 3. The van der Waals surface area contributed by atoms with Crippen LogP contribution in [0.1, 0.15) is 83.7 Å². The summed E-state index contributed by atoms with van der Waals surface area (Å²) in [5.41, 5.74) is 8.84. The van der Waals surface area contributed by atoms with Gasteiger partial charge in [-0.05, 0) is 96.7 Å². The molecule has 334 valence electrons. The molecule has 6 bridgehead atoms. The van der Waals surface area contributed by atoms with Crippen molar-refractivity contribution in [1.82, 2.24) is 39.9 Å². The van der Waals surface area contributed by atoms with Crippen LogP contribution in [0.3, 0.4) is 0 Å². The largest absolute Gasteiger partial charge is 0.508 e. The highest BCUT2D eigenvalue weighted by Crippen LogP contribution is 2.36. The quantitative estimate of drug-likeness (QED) is 0.160. The molecule has 0 saturated carbocycles. The first kappa shape index (κ1) is 44.9. The minimum atomic E-state index is -1.16. The van der Waals surface area contributed by atoms with Gasteiger partial charge in [-0.15, -0.1) is 0 Å². The molecule has 0 aliphatic carbocycles. The molecule has 7 rings (SSSR count). The lowest BCUT2D eigenvalue weighted by atomic mass is 9.87. The fraction of sp³-hybridized carbons (Fsp3) is 0.479. The molecule has 0 spiro atoms. The van der Waals surface area contributed by atoms with Gasteiger partial charge >= 0.3 is 5.97 Å². The van der Waals surface area contributed by atoms with Crippen molar-refractivity contribution in [2.75, 3.05) is 33.3 Å². The maximum absolute atomic E-state index is 14.6. The number of ether oxygens (including phenoxy) is 1. The standard InChI is InChI=1S/C48H60N8O7/c1-9-40(58)54-19-16-32(25-54)45(60)53(8)43(29(4)5)44(59)50-37-22-30-20-33(23-34(57)21-30)31-14-15-39-51-42(35-12-10-17-49-41(35)28(2)3)38(55(39)26-31)24-48(6,7)27-63-47(62)36-13-11-18-56(52-36)46(37)61/h9-10,12,14-15,17,20-21,23,26,28-29,32,36-37,43,52,57H,1,11,13,16,18-19,22,24-25,27H2,2-8H3,(H,50,59)/t32-,36-,37-,43-/m0/s1. The lowest BCUT2D eigenvalue weighted by Gasteiger charge is -2.37. The molecular weight excluding hydrogens is 801 g/mol. The van der Waals surface area contributed by atoms with Gasteiger partial charge in [0, 0.05) is 56.5 Å². The molecule has 3 aromatic heterocycles. The normalized spacial score (nSPS) is 20.9. The van der Waals surface area contributed by atoms with E-state index in [2.05, 4.69) is 35.6 Å². The Balaban J connectivity index is 1.28. The highest BCUT2D eigenvalue weighted by molar-refractivity contribution is 5.94. The predicted octanol–water partition coefficient (Wildman–Crippen LogP) is 5.06. The predicted molar refractivity (Wildman–Crippen MR) is 238 cm³/mol. The number of carbonyl (C=O) groups is 5. The first-order valence-corrected chi connectivity index (χ1v) is 22.0. The third-order valence-corrected chi connectivity index (χ3v) is 12.4. The minimum absolute atomic E-state index is 0.0150. The number of amides is 4. The summed E-state index contributed by atoms with van der Waals surface area (Å²) in [6.45, 7) is 16.5. The highest BCUT2D eigenvalue weighted by Gasteiger charge is 2.40. The number of likely N-dealkylation sites (N-methyl/N-ethyl adjacent to an activating group) is 1. The molecule has 3 aliphatic rings. The molecule has 0 unspecified atom stereocenters. The van der Waals surface area contributed by atoms with Crippen LogP contribution in [0.4, 0.5) is 0 Å². The zero-order chi connectivity index (χ0) is 45.3. The summed E-state index contributed by atoms with van der Waals surface area (Å²) < 4.78 is 8.08. The van der Waals surface area contributed by atoms with E-state index >= 15 is 0 Å². The van der Waals surface area contributed by atoms with E-state index in [9.17, 15) is 29.1 Å². The molecule has 15 nitrogen and oxygen atoms in total. The number of cyclic esters (lactones) is 1. The molecule has 2 fully saturated rings. The number of benzene rings is 1. The topological polar surface area (TPSA) is 179 Å². The zero-order valence-corrected chi connectivity index (χ0v) is 37.4. The molecule has 2 saturated heterocycles. The van der Waals surface area contributed by atoms with Crippen LogP contribution in [0, 0.1) is 17.3 Å². The second-order valence-electron chi connectivity index (χ2n) is 18.7. The number of nitrogens with zero attached hydrogens (tertiary/aromatic N) is 6. The Bertz CT molecular complexity index is 2420. The number of rotatable bonds is 8. The van der Waals surface area contributed by atoms with Crippen molar-refractivity contribution in [2.45, 2.75) is 97.7 Å². The number of phenols is 1. The number of hydrogen-bond acceptors (Lipinski definition) is 10. The zero-order valence-electron chi connectivity index (χ0n) is 37.4. The van der Waals surface area contributed by atoms with Crippen molar-refractivity contribution in [3.05, 3.63) is 84.5 Å². The highest BCUT2D eigenvalue weighted by atomic mass is 16.5. The number of esters is 1. The lowest BCUT2D eigenvalue weighted by molar-refractivity contribution is -0.155. The molecule has 3 N–H and O–H groups in total. The Morgan fingerprint density at radius 3 is 2.57 bits per heavy atom. The van der Waals surface area contributed by atoms with Crippen LogP contribution in [-0.4, -0.2) is 115 Å². The van der Waals surface area contributed by atoms with Crippen molar-refractivity contribution in [3.63, 3.8) is 0 Å². The number of fused-ring (bicyclic) bond motifs is 6. The van der Waals surface area contributed by atoms with Crippen molar-refractivity contribution >= 4 is 35.2 Å². The molecular formula is C48H60N8O7. The van der Waals surface area contributed by atoms with Crippen LogP contribution >= 0.6 is 0 Å². The monoisotopic (exact) mass is 860 g/mol. The molecule has 3 aliphatic heterocycles. The molecule has 4 amide bonds. The average molecular weight is 861 g/mol. The summed E-state index contributed by atoms with van der Waals surface area (Å²) in [6, 6.07) is 10.0. The van der Waals surface area contributed by atoms with Gasteiger partial charge in [-0.1, -0.05) is 54.2 Å². The Hall–Kier alpha value is -6.09. The Morgan fingerprint density at radius 2 is 1.84 bits per heavy atom. The van der Waals surface area contributed by atoms with E-state index in [1.54, 1.807) is 30.3 Å². The van der Waals surface area contributed by atoms with Crippen molar-refractivity contribution in [2.24, 2.45) is 17.3 Å². The fourth-order valence-electron chi connectivity index (χ4n) is 9.19. The van der Waals surface area contributed by atoms with Gasteiger partial charge in [-0.2, -0.15) is 0 Å². The Morgan fingerprint density at radius 1 is 1.06 bits per heavy atom. The number of nitrogens with one attached hydrogen (secondary N) is 2. The summed E-state index contributed by atoms with van der Waals surface area (Å²) in [4.78, 5) is 81.9. The summed E-state index contributed by atoms with van der Waals surface area (Å²) in [5.74, 6) is -2.75. The number of carbonyl (C=O) groups excluding carboxylic acids is 5. The third-order valence-electron chi connectivity index (χ3n) is 12.4. The van der Waals surface area contributed by atoms with Crippen molar-refractivity contribution < 1.29 is 33.8 Å². The van der Waals surface area contributed by atoms with E-state index in [1.807, 2.05) is 64.2 Å². The van der Waals surface area contributed by atoms with E-state index in [4.69, 9.17) is 14.7 Å². The molecule has 15 heteroatoms. The number of phenolic OH excluding ortho intramolecular Hbond substituents is 1. The van der Waals surface area contributed by atoms with Crippen molar-refractivity contribution in [3.8, 4) is 28.1 Å². The van der Waals surface area contributed by atoms with Crippen LogP contribution in [0.25, 0.3) is 28.0 Å². The van der Waals surface area contributed by atoms with E-state index in [-0.39, 0.29) is 55.5 Å². The summed E-state index contributed by atoms with van der Waals surface area (Å²) >= 11 is 0. The molecule has 6 heterocycles. The van der Waals surface area contributed by atoms with E-state index < -0.39 is 47.2 Å². The Kier molecular flexibility index (Phi) is 13.1. The van der Waals surface area contributed by atoms with Crippen LogP contribution < -0.4 is 10.7 Å². The first-order valence-electron chi connectivity index (χ1n) is 22.0. The summed E-state index contributed by atoms with van der Waals surface area (Å²) in [5, 5.41) is 15.6. The maximum Gasteiger partial charge on any atom is 0.324 e. The second kappa shape index (κ2) is 18.3. The number of aromatic hydroxyl groups is 1. The van der Waals surface area contributed by atoms with Gasteiger partial charge in [-0.25, -0.2) is 10.4 Å². The molecule has 1 aromatic carbocycles. The summed E-state index contributed by atoms with van der Waals surface area (Å²) in [7, 11) is 1.58. The van der Waals surface area contributed by atoms with Gasteiger partial charge in [0.1, 0.15) is 29.5 Å². The van der Waals surface area contributed by atoms with Crippen LogP contribution in [0.5, 0.6) is 5.75 Å². The fourth-order valence-corrected chi connectivity index (χ4v) is 9.19. The lowest BCUT2D eigenvalue weighted by Crippen LogP contribution is -2.62. The molecule has 0 radical (unpaired) electrons. The number of hydrazine groups is 1.